The van der Waals surface area contributed by atoms with Crippen molar-refractivity contribution in [3.8, 4) is 23.3 Å². The maximum atomic E-state index is 14.6. The number of nitrogens with zero attached hydrogens (tertiary/aromatic N) is 6. The third-order valence-corrected chi connectivity index (χ3v) is 8.68. The number of hydrogen-bond donors (Lipinski definition) is 1. The molecule has 5 aromatic rings. The number of nitrogen functional groups attached to an aromatic ring is 1. The molecule has 3 aromatic carbocycles. The highest BCUT2D eigenvalue weighted by molar-refractivity contribution is 7.90. The third-order valence-electron chi connectivity index (χ3n) is 6.51. The van der Waals surface area contributed by atoms with Crippen molar-refractivity contribution in [2.45, 2.75) is 16.2 Å². The molecular formula is C31H26FN7O3S2. The number of rotatable bonds is 6. The van der Waals surface area contributed by atoms with Gasteiger partial charge in [0, 0.05) is 41.0 Å². The van der Waals surface area contributed by atoms with Crippen molar-refractivity contribution >= 4 is 49.0 Å². The number of nitrogens with two attached hydrogens (primary N) is 1. The second kappa shape index (κ2) is 13.4. The first kappa shape index (κ1) is 31.7. The van der Waals surface area contributed by atoms with Gasteiger partial charge < -0.3 is 10.6 Å². The number of para-hydroxylation sites is 1. The summed E-state index contributed by atoms with van der Waals surface area (Å²) >= 11 is 0. The first-order chi connectivity index (χ1) is 21.0. The minimum Gasteiger partial charge on any atom is -0.382 e. The molecule has 0 amide bonds. The largest absolute Gasteiger partial charge is 0.382 e. The average molecular weight is 628 g/mol. The van der Waals surface area contributed by atoms with Crippen molar-refractivity contribution in [3.63, 3.8) is 0 Å². The molecule has 2 N–H and O–H groups in total. The quantitative estimate of drug-likeness (QED) is 0.272. The van der Waals surface area contributed by atoms with Crippen LogP contribution in [0.5, 0.6) is 0 Å². The summed E-state index contributed by atoms with van der Waals surface area (Å²) in [4.78, 5) is 14.8. The van der Waals surface area contributed by atoms with Gasteiger partial charge in [-0.25, -0.2) is 27.8 Å². The van der Waals surface area contributed by atoms with E-state index in [0.29, 0.717) is 22.9 Å². The molecule has 44 heavy (non-hydrogen) atoms. The van der Waals surface area contributed by atoms with E-state index < -0.39 is 26.5 Å². The fourth-order valence-electron chi connectivity index (χ4n) is 4.49. The number of pyridine rings is 1. The molecule has 2 heterocycles. The Balaban J connectivity index is 0.000000309. The molecular weight excluding hydrogens is 602 g/mol. The van der Waals surface area contributed by atoms with E-state index in [4.69, 9.17) is 11.0 Å². The lowest BCUT2D eigenvalue weighted by molar-refractivity contribution is 0.602. The molecule has 10 nitrogen and oxygen atoms in total. The van der Waals surface area contributed by atoms with E-state index in [-0.39, 0.29) is 33.4 Å². The van der Waals surface area contributed by atoms with Gasteiger partial charge >= 0.3 is 0 Å². The molecule has 0 saturated carbocycles. The number of nitriles is 2. The van der Waals surface area contributed by atoms with Crippen molar-refractivity contribution in [1.29, 1.82) is 10.5 Å². The van der Waals surface area contributed by atoms with Crippen LogP contribution in [0.3, 0.4) is 0 Å². The van der Waals surface area contributed by atoms with E-state index in [1.54, 1.807) is 55.8 Å². The van der Waals surface area contributed by atoms with Crippen molar-refractivity contribution in [3.05, 3.63) is 96.1 Å². The van der Waals surface area contributed by atoms with Gasteiger partial charge in [0.1, 0.15) is 40.9 Å². The van der Waals surface area contributed by atoms with Crippen LogP contribution in [0.2, 0.25) is 0 Å². The minimum atomic E-state index is -3.59. The van der Waals surface area contributed by atoms with Crippen molar-refractivity contribution in [1.82, 2.24) is 15.0 Å². The van der Waals surface area contributed by atoms with E-state index in [1.165, 1.54) is 23.4 Å². The molecule has 0 aliphatic carbocycles. The van der Waals surface area contributed by atoms with Crippen LogP contribution in [0.25, 0.3) is 22.0 Å². The highest BCUT2D eigenvalue weighted by atomic mass is 32.2. The molecule has 222 valence electrons. The summed E-state index contributed by atoms with van der Waals surface area (Å²) < 4.78 is 50.6. The van der Waals surface area contributed by atoms with Gasteiger partial charge in [0.15, 0.2) is 15.7 Å². The summed E-state index contributed by atoms with van der Waals surface area (Å²) in [5, 5.41) is 18.5. The summed E-state index contributed by atoms with van der Waals surface area (Å²) in [5.74, 6) is -0.202. The van der Waals surface area contributed by atoms with Crippen LogP contribution < -0.4 is 10.6 Å². The summed E-state index contributed by atoms with van der Waals surface area (Å²) in [7, 11) is -2.99. The normalized spacial score (nSPS) is 11.5. The molecule has 0 saturated heterocycles. The van der Waals surface area contributed by atoms with Gasteiger partial charge in [-0.15, -0.1) is 0 Å². The number of hydrogen-bond acceptors (Lipinski definition) is 10. The number of fused-ring (bicyclic) bond motifs is 1. The number of sulfone groups is 1. The Bertz CT molecular complexity index is 2090. The Kier molecular flexibility index (Phi) is 9.63. The second-order valence-electron chi connectivity index (χ2n) is 9.46. The first-order valence-corrected chi connectivity index (χ1v) is 16.3. The number of aromatic nitrogens is 3. The monoisotopic (exact) mass is 627 g/mol. The Labute approximate surface area is 256 Å². The van der Waals surface area contributed by atoms with Gasteiger partial charge in [-0.2, -0.15) is 10.5 Å². The van der Waals surface area contributed by atoms with E-state index >= 15 is 0 Å². The molecule has 5 rings (SSSR count). The van der Waals surface area contributed by atoms with Crippen molar-refractivity contribution in [2.24, 2.45) is 0 Å². The Morgan fingerprint density at radius 2 is 1.68 bits per heavy atom. The van der Waals surface area contributed by atoms with E-state index in [9.17, 15) is 22.3 Å². The highest BCUT2D eigenvalue weighted by Crippen LogP contribution is 2.39. The third kappa shape index (κ3) is 6.70. The predicted octanol–water partition coefficient (Wildman–Crippen LogP) is 4.95. The van der Waals surface area contributed by atoms with E-state index in [2.05, 4.69) is 15.0 Å². The Hall–Kier alpha value is -5.24. The molecule has 0 spiro atoms. The van der Waals surface area contributed by atoms with Crippen molar-refractivity contribution in [2.75, 3.05) is 30.2 Å². The minimum absolute atomic E-state index is 0.0191. The smallest absolute Gasteiger partial charge is 0.176 e. The van der Waals surface area contributed by atoms with Crippen molar-refractivity contribution < 1.29 is 17.0 Å². The van der Waals surface area contributed by atoms with Crippen LogP contribution >= 0.6 is 0 Å². The van der Waals surface area contributed by atoms with Crippen LogP contribution in [-0.4, -0.2) is 47.1 Å². The zero-order valence-electron chi connectivity index (χ0n) is 23.9. The summed E-state index contributed by atoms with van der Waals surface area (Å²) in [6, 6.07) is 24.0. The summed E-state index contributed by atoms with van der Waals surface area (Å²) in [6.07, 6.45) is 4.27. The fraction of sp³-hybridized carbons (Fsp3) is 0.129. The fourth-order valence-corrected chi connectivity index (χ4v) is 6.17. The van der Waals surface area contributed by atoms with Crippen LogP contribution in [0.1, 0.15) is 11.1 Å². The van der Waals surface area contributed by atoms with Gasteiger partial charge in [-0.3, -0.25) is 4.21 Å². The SMILES string of the molecule is CN(c1nc2c(F)cccc2cc1-c1ccccc1S(C)(=O)=O)c1ncnc(N)c1C#N.CS(=O)c1ccccc1CC#N. The number of benzene rings is 3. The molecule has 1 atom stereocenters. The van der Waals surface area contributed by atoms with Gasteiger partial charge in [-0.05, 0) is 29.8 Å². The molecule has 1 unspecified atom stereocenters. The second-order valence-corrected chi connectivity index (χ2v) is 12.8. The molecule has 0 fully saturated rings. The lowest BCUT2D eigenvalue weighted by Crippen LogP contribution is -2.17. The topological polar surface area (TPSA) is 167 Å². The predicted molar refractivity (Wildman–Crippen MR) is 168 cm³/mol. The highest BCUT2D eigenvalue weighted by Gasteiger charge is 2.23. The van der Waals surface area contributed by atoms with Crippen LogP contribution in [0.4, 0.5) is 21.8 Å². The maximum Gasteiger partial charge on any atom is 0.176 e. The zero-order valence-corrected chi connectivity index (χ0v) is 25.5. The Morgan fingerprint density at radius 1 is 0.977 bits per heavy atom. The summed E-state index contributed by atoms with van der Waals surface area (Å²) in [6.45, 7) is 0. The lowest BCUT2D eigenvalue weighted by atomic mass is 10.0. The molecule has 0 bridgehead atoms. The zero-order chi connectivity index (χ0) is 32.0. The molecule has 0 aliphatic rings. The maximum absolute atomic E-state index is 14.6. The van der Waals surface area contributed by atoms with E-state index in [0.717, 1.165) is 16.7 Å². The number of halogens is 1. The van der Waals surface area contributed by atoms with Gasteiger partial charge in [0.05, 0.1) is 28.2 Å². The van der Waals surface area contributed by atoms with Gasteiger partial charge in [-0.1, -0.05) is 48.5 Å². The number of anilines is 3. The van der Waals surface area contributed by atoms with Crippen LogP contribution in [0, 0.1) is 28.5 Å². The average Bonchev–Trinajstić information content (AvgIpc) is 3.00. The Morgan fingerprint density at radius 3 is 2.36 bits per heavy atom. The van der Waals surface area contributed by atoms with E-state index in [1.807, 2.05) is 30.3 Å². The molecule has 13 heteroatoms. The molecule has 2 aromatic heterocycles. The standard InChI is InChI=1S/C22H17FN6O2S.C9H9NOS/c1-29(21-16(11-24)20(25)26-12-27-21)22-15(10-13-6-5-8-17(23)19(13)28-22)14-7-3-4-9-18(14)32(2,30)31;1-12(11)9-5-3-2-4-8(9)6-7-10/h3-10,12H,1-2H3,(H2,25,26,27);2-5H,6H2,1H3. The lowest BCUT2D eigenvalue weighted by Gasteiger charge is -2.23. The summed E-state index contributed by atoms with van der Waals surface area (Å²) in [5.41, 5.74) is 7.62. The van der Waals surface area contributed by atoms with Gasteiger partial charge in [0.2, 0.25) is 0 Å². The van der Waals surface area contributed by atoms with Crippen LogP contribution in [0.15, 0.2) is 88.9 Å². The van der Waals surface area contributed by atoms with Crippen LogP contribution in [-0.2, 0) is 27.1 Å². The molecule has 0 aliphatic heterocycles. The molecule has 0 radical (unpaired) electrons. The first-order valence-electron chi connectivity index (χ1n) is 12.9. The van der Waals surface area contributed by atoms with Gasteiger partial charge in [0.25, 0.3) is 0 Å².